The van der Waals surface area contributed by atoms with Gasteiger partial charge in [0, 0.05) is 53.0 Å². The van der Waals surface area contributed by atoms with Crippen molar-refractivity contribution < 1.29 is 19.0 Å². The van der Waals surface area contributed by atoms with E-state index in [1.54, 1.807) is 42.5 Å². The summed E-state index contributed by atoms with van der Waals surface area (Å²) in [6.07, 6.45) is 5.34. The number of halogens is 2. The Kier molecular flexibility index (Phi) is 10.2. The fourth-order valence-electron chi connectivity index (χ4n) is 4.58. The molecule has 0 radical (unpaired) electrons. The third-order valence-electron chi connectivity index (χ3n) is 6.81. The highest BCUT2D eigenvalue weighted by molar-refractivity contribution is 6.32. The van der Waals surface area contributed by atoms with Gasteiger partial charge in [0.1, 0.15) is 30.3 Å². The number of ether oxygens (including phenoxy) is 3. The second-order valence-corrected chi connectivity index (χ2v) is 11.2. The van der Waals surface area contributed by atoms with Gasteiger partial charge in [0.25, 0.3) is 0 Å². The number of anilines is 3. The van der Waals surface area contributed by atoms with Gasteiger partial charge in [0.15, 0.2) is 0 Å². The zero-order valence-corrected chi connectivity index (χ0v) is 25.8. The first-order valence-electron chi connectivity index (χ1n) is 14.0. The lowest BCUT2D eigenvalue weighted by atomic mass is 10.1. The molecule has 226 valence electrons. The van der Waals surface area contributed by atoms with Crippen molar-refractivity contribution in [2.45, 2.75) is 19.1 Å². The number of fused-ring (bicyclic) bond motifs is 1. The van der Waals surface area contributed by atoms with Gasteiger partial charge in [-0.15, -0.1) is 0 Å². The van der Waals surface area contributed by atoms with E-state index in [-0.39, 0.29) is 18.6 Å². The summed E-state index contributed by atoms with van der Waals surface area (Å²) < 4.78 is 17.6. The zero-order chi connectivity index (χ0) is 31.1. The van der Waals surface area contributed by atoms with Crippen molar-refractivity contribution in [1.29, 1.82) is 5.26 Å². The number of carbonyl (C=O) groups excluding carboxylic acids is 1. The molecular weight excluding hydrogens is 601 g/mol. The Bertz CT molecular complexity index is 1730. The highest BCUT2D eigenvalue weighted by Gasteiger charge is 2.21. The standard InChI is InChI=1S/C33H31Cl2N5O4/c1-40(2)12-5-8-32(41)39-29-15-25-28(16-31(29)44-24-11-13-42-20-24)37-18-22(17-36)33(25)38-23-9-10-30(27(35)14-23)43-19-21-6-3-4-7-26(21)34/h3-10,14-16,18,24H,11-13,19-20H2,1-2H3,(H,37,38)(H,39,41)/b8-5+. The summed E-state index contributed by atoms with van der Waals surface area (Å²) in [5.41, 5.74) is 3.32. The highest BCUT2D eigenvalue weighted by atomic mass is 35.5. The fourth-order valence-corrected chi connectivity index (χ4v) is 5.00. The average molecular weight is 633 g/mol. The van der Waals surface area contributed by atoms with Gasteiger partial charge in [-0.1, -0.05) is 47.5 Å². The van der Waals surface area contributed by atoms with Crippen molar-refractivity contribution in [3.05, 3.63) is 94.1 Å². The maximum atomic E-state index is 12.8. The van der Waals surface area contributed by atoms with E-state index in [1.165, 1.54) is 12.3 Å². The lowest BCUT2D eigenvalue weighted by Crippen LogP contribution is -2.18. The minimum Gasteiger partial charge on any atom is -0.487 e. The summed E-state index contributed by atoms with van der Waals surface area (Å²) in [6.45, 7) is 1.94. The first-order chi connectivity index (χ1) is 21.3. The van der Waals surface area contributed by atoms with Crippen LogP contribution in [0.2, 0.25) is 10.0 Å². The number of benzene rings is 3. The summed E-state index contributed by atoms with van der Waals surface area (Å²) in [6, 6.07) is 18.4. The van der Waals surface area contributed by atoms with Gasteiger partial charge >= 0.3 is 0 Å². The molecule has 0 saturated carbocycles. The van der Waals surface area contributed by atoms with Crippen LogP contribution in [-0.4, -0.2) is 55.7 Å². The van der Waals surface area contributed by atoms with E-state index in [0.29, 0.717) is 74.8 Å². The van der Waals surface area contributed by atoms with E-state index in [9.17, 15) is 10.1 Å². The topological polar surface area (TPSA) is 109 Å². The summed E-state index contributed by atoms with van der Waals surface area (Å²) >= 11 is 12.8. The van der Waals surface area contributed by atoms with Gasteiger partial charge in [-0.2, -0.15) is 5.26 Å². The van der Waals surface area contributed by atoms with Crippen LogP contribution in [0.3, 0.4) is 0 Å². The Morgan fingerprint density at radius 2 is 2.00 bits per heavy atom. The second kappa shape index (κ2) is 14.4. The molecule has 1 aliphatic heterocycles. The molecule has 3 aromatic carbocycles. The number of pyridine rings is 1. The monoisotopic (exact) mass is 631 g/mol. The molecule has 9 nitrogen and oxygen atoms in total. The number of aromatic nitrogens is 1. The number of likely N-dealkylation sites (N-methyl/N-ethyl adjacent to an activating group) is 1. The van der Waals surface area contributed by atoms with Crippen molar-refractivity contribution in [2.75, 3.05) is 44.5 Å². The minimum atomic E-state index is -0.309. The molecule has 1 atom stereocenters. The van der Waals surface area contributed by atoms with Crippen LogP contribution >= 0.6 is 23.2 Å². The summed E-state index contributed by atoms with van der Waals surface area (Å²) in [7, 11) is 3.84. The lowest BCUT2D eigenvalue weighted by Gasteiger charge is -2.19. The molecule has 0 bridgehead atoms. The van der Waals surface area contributed by atoms with Gasteiger partial charge in [-0.25, -0.2) is 0 Å². The van der Waals surface area contributed by atoms with Crippen LogP contribution in [0, 0.1) is 11.3 Å². The Hall–Kier alpha value is -4.33. The molecule has 1 aliphatic rings. The molecule has 2 heterocycles. The van der Waals surface area contributed by atoms with Crippen LogP contribution in [0.1, 0.15) is 17.5 Å². The van der Waals surface area contributed by atoms with Gasteiger partial charge < -0.3 is 29.7 Å². The maximum absolute atomic E-state index is 12.8. The van der Waals surface area contributed by atoms with Crippen LogP contribution in [0.25, 0.3) is 10.9 Å². The predicted octanol–water partition coefficient (Wildman–Crippen LogP) is 6.96. The number of amides is 1. The third-order valence-corrected chi connectivity index (χ3v) is 7.48. The molecule has 1 fully saturated rings. The van der Waals surface area contributed by atoms with Crippen LogP contribution in [0.5, 0.6) is 11.5 Å². The second-order valence-electron chi connectivity index (χ2n) is 10.4. The SMILES string of the molecule is CN(C)C/C=C/C(=O)Nc1cc2c(Nc3ccc(OCc4ccccc4Cl)c(Cl)c3)c(C#N)cnc2cc1OC1CCOC1. The van der Waals surface area contributed by atoms with Gasteiger partial charge in [-0.3, -0.25) is 9.78 Å². The summed E-state index contributed by atoms with van der Waals surface area (Å²) in [5.74, 6) is 0.646. The quantitative estimate of drug-likeness (QED) is 0.171. The number of hydrogen-bond acceptors (Lipinski definition) is 8. The van der Waals surface area contributed by atoms with Crippen molar-refractivity contribution in [3.63, 3.8) is 0 Å². The summed E-state index contributed by atoms with van der Waals surface area (Å²) in [5, 5.41) is 17.8. The van der Waals surface area contributed by atoms with Crippen LogP contribution < -0.4 is 20.1 Å². The first kappa shape index (κ1) is 31.1. The largest absolute Gasteiger partial charge is 0.487 e. The molecule has 0 spiro atoms. The average Bonchev–Trinajstić information content (AvgIpc) is 3.51. The number of hydrogen-bond donors (Lipinski definition) is 2. The lowest BCUT2D eigenvalue weighted by molar-refractivity contribution is -0.111. The van der Waals surface area contributed by atoms with E-state index in [0.717, 1.165) is 12.0 Å². The molecule has 2 N–H and O–H groups in total. The smallest absolute Gasteiger partial charge is 0.248 e. The molecular formula is C33H31Cl2N5O4. The van der Waals surface area contributed by atoms with E-state index in [1.807, 2.05) is 37.2 Å². The Labute approximate surface area is 265 Å². The molecule has 11 heteroatoms. The van der Waals surface area contributed by atoms with E-state index < -0.39 is 0 Å². The molecule has 1 unspecified atom stereocenters. The molecule has 5 rings (SSSR count). The molecule has 1 saturated heterocycles. The highest BCUT2D eigenvalue weighted by Crippen LogP contribution is 2.38. The van der Waals surface area contributed by atoms with Crippen LogP contribution in [-0.2, 0) is 16.1 Å². The number of nitriles is 1. The minimum absolute atomic E-state index is 0.149. The Morgan fingerprint density at radius 1 is 1.16 bits per heavy atom. The van der Waals surface area contributed by atoms with Crippen LogP contribution in [0.15, 0.2) is 72.9 Å². The van der Waals surface area contributed by atoms with Crippen molar-refractivity contribution in [3.8, 4) is 17.6 Å². The predicted molar refractivity (Wildman–Crippen MR) is 173 cm³/mol. The van der Waals surface area contributed by atoms with Gasteiger partial charge in [0.05, 0.1) is 40.7 Å². The van der Waals surface area contributed by atoms with Crippen molar-refractivity contribution >= 4 is 57.1 Å². The Morgan fingerprint density at radius 3 is 2.73 bits per heavy atom. The normalized spacial score (nSPS) is 14.6. The zero-order valence-electron chi connectivity index (χ0n) is 24.3. The molecule has 1 amide bonds. The number of rotatable bonds is 11. The van der Waals surface area contributed by atoms with E-state index in [2.05, 4.69) is 21.7 Å². The summed E-state index contributed by atoms with van der Waals surface area (Å²) in [4.78, 5) is 19.3. The molecule has 0 aliphatic carbocycles. The number of carbonyl (C=O) groups is 1. The maximum Gasteiger partial charge on any atom is 0.248 e. The third kappa shape index (κ3) is 7.78. The molecule has 1 aromatic heterocycles. The van der Waals surface area contributed by atoms with Crippen molar-refractivity contribution in [1.82, 2.24) is 9.88 Å². The molecule has 44 heavy (non-hydrogen) atoms. The van der Waals surface area contributed by atoms with E-state index in [4.69, 9.17) is 37.4 Å². The number of nitrogens with zero attached hydrogens (tertiary/aromatic N) is 3. The molecule has 4 aromatic rings. The first-order valence-corrected chi connectivity index (χ1v) is 14.7. The van der Waals surface area contributed by atoms with Crippen molar-refractivity contribution in [2.24, 2.45) is 0 Å². The van der Waals surface area contributed by atoms with E-state index >= 15 is 0 Å². The Balaban J connectivity index is 1.45. The fraction of sp³-hybridized carbons (Fsp3) is 0.242. The van der Waals surface area contributed by atoms with Gasteiger partial charge in [0.2, 0.25) is 5.91 Å². The van der Waals surface area contributed by atoms with Crippen LogP contribution in [0.4, 0.5) is 17.1 Å². The van der Waals surface area contributed by atoms with Gasteiger partial charge in [-0.05, 0) is 44.4 Å². The number of nitrogens with one attached hydrogen (secondary N) is 2.